The van der Waals surface area contributed by atoms with Crippen LogP contribution < -0.4 is 0 Å². The van der Waals surface area contributed by atoms with Crippen molar-refractivity contribution in [1.82, 2.24) is 15.1 Å². The number of carbonyl (C=O) groups is 1. The molecule has 116 valence electrons. The summed E-state index contributed by atoms with van der Waals surface area (Å²) in [5.41, 5.74) is 1.73. The average molecular weight is 317 g/mol. The third-order valence-electron chi connectivity index (χ3n) is 4.77. The van der Waals surface area contributed by atoms with E-state index < -0.39 is 0 Å². The van der Waals surface area contributed by atoms with Crippen molar-refractivity contribution in [3.05, 3.63) is 34.7 Å². The van der Waals surface area contributed by atoms with Crippen LogP contribution in [-0.2, 0) is 0 Å². The Morgan fingerprint density at radius 3 is 2.55 bits per heavy atom. The number of hydrogen-bond acceptors (Lipinski definition) is 4. The van der Waals surface area contributed by atoms with Gasteiger partial charge in [0.25, 0.3) is 10.7 Å². The second kappa shape index (κ2) is 5.35. The van der Waals surface area contributed by atoms with E-state index in [9.17, 15) is 4.79 Å². The monoisotopic (exact) mass is 317 g/mol. The lowest BCUT2D eigenvalue weighted by Gasteiger charge is -2.30. The molecule has 0 radical (unpaired) electrons. The van der Waals surface area contributed by atoms with Gasteiger partial charge in [-0.25, -0.2) is 5.10 Å². The van der Waals surface area contributed by atoms with Crippen molar-refractivity contribution in [3.8, 4) is 11.5 Å². The quantitative estimate of drug-likeness (QED) is 0.874. The molecule has 0 bridgehead atoms. The van der Waals surface area contributed by atoms with Crippen molar-refractivity contribution < 1.29 is 9.21 Å². The number of rotatable bonds is 4. The van der Waals surface area contributed by atoms with Gasteiger partial charge >= 0.3 is 0 Å². The zero-order chi connectivity index (χ0) is 15.9. The van der Waals surface area contributed by atoms with E-state index in [4.69, 9.17) is 16.6 Å². The molecule has 0 aliphatic heterocycles. The summed E-state index contributed by atoms with van der Waals surface area (Å²) in [7, 11) is 1.87. The van der Waals surface area contributed by atoms with E-state index in [1.54, 1.807) is 12.1 Å². The summed E-state index contributed by atoms with van der Waals surface area (Å²) >= 11 is 4.86. The predicted molar refractivity (Wildman–Crippen MR) is 86.0 cm³/mol. The highest BCUT2D eigenvalue weighted by Crippen LogP contribution is 2.49. The Hall–Kier alpha value is -1.95. The van der Waals surface area contributed by atoms with Gasteiger partial charge in [-0.05, 0) is 61.7 Å². The number of aromatic amines is 1. The van der Waals surface area contributed by atoms with Crippen molar-refractivity contribution in [3.63, 3.8) is 0 Å². The molecular weight excluding hydrogens is 298 g/mol. The molecule has 1 saturated carbocycles. The van der Waals surface area contributed by atoms with Gasteiger partial charge in [0.15, 0.2) is 0 Å². The Balaban J connectivity index is 1.77. The highest BCUT2D eigenvalue weighted by atomic mass is 32.1. The van der Waals surface area contributed by atoms with Gasteiger partial charge in [0.05, 0.1) is 0 Å². The molecule has 1 aliphatic carbocycles. The lowest BCUT2D eigenvalue weighted by atomic mass is 9.98. The maximum atomic E-state index is 12.6. The molecule has 1 aromatic carbocycles. The highest BCUT2D eigenvalue weighted by Gasteiger charge is 2.45. The molecule has 0 saturated heterocycles. The molecule has 5 nitrogen and oxygen atoms in total. The third-order valence-corrected chi connectivity index (χ3v) is 4.94. The molecule has 1 aromatic heterocycles. The Labute approximate surface area is 134 Å². The number of aromatic nitrogens is 2. The molecular formula is C16H19N3O2S. The van der Waals surface area contributed by atoms with Gasteiger partial charge in [-0.3, -0.25) is 4.79 Å². The summed E-state index contributed by atoms with van der Waals surface area (Å²) in [6, 6.07) is 7.47. The molecule has 1 atom stereocenters. The second-order valence-corrected chi connectivity index (χ2v) is 6.61. The van der Waals surface area contributed by atoms with Crippen LogP contribution in [0.2, 0.25) is 0 Å². The van der Waals surface area contributed by atoms with Crippen LogP contribution in [0.1, 0.15) is 37.0 Å². The predicted octanol–water partition coefficient (Wildman–Crippen LogP) is 3.66. The van der Waals surface area contributed by atoms with Crippen molar-refractivity contribution in [2.75, 3.05) is 7.05 Å². The molecule has 1 amide bonds. The fourth-order valence-electron chi connectivity index (χ4n) is 2.57. The Bertz CT molecular complexity index is 743. The maximum Gasteiger partial charge on any atom is 0.284 e. The van der Waals surface area contributed by atoms with E-state index in [1.807, 2.05) is 24.1 Å². The van der Waals surface area contributed by atoms with Gasteiger partial charge in [0, 0.05) is 24.2 Å². The number of benzene rings is 1. The summed E-state index contributed by atoms with van der Waals surface area (Å²) in [5, 5.41) is 6.56. The molecule has 1 aliphatic rings. The standard InChI is InChI=1S/C16H19N3O2S/c1-10(16(2)8-9-16)19(3)14(20)12-6-4-11(5-7-12)13-17-18-15(22)21-13/h4-7,10H,8-9H2,1-3H3,(H,18,22). The Morgan fingerprint density at radius 2 is 2.05 bits per heavy atom. The first-order valence-electron chi connectivity index (χ1n) is 7.34. The van der Waals surface area contributed by atoms with Crippen LogP contribution >= 0.6 is 12.2 Å². The molecule has 1 N–H and O–H groups in total. The molecule has 1 heterocycles. The van der Waals surface area contributed by atoms with Gasteiger partial charge in [0.1, 0.15) is 0 Å². The van der Waals surface area contributed by atoms with Crippen LogP contribution in [0.4, 0.5) is 0 Å². The molecule has 1 unspecified atom stereocenters. The van der Waals surface area contributed by atoms with Crippen LogP contribution in [0.25, 0.3) is 11.5 Å². The summed E-state index contributed by atoms with van der Waals surface area (Å²) < 4.78 is 5.26. The van der Waals surface area contributed by atoms with Crippen LogP contribution in [0.5, 0.6) is 0 Å². The number of nitrogens with one attached hydrogen (secondary N) is 1. The lowest BCUT2D eigenvalue weighted by molar-refractivity contribution is 0.0684. The molecule has 2 aromatic rings. The van der Waals surface area contributed by atoms with Crippen LogP contribution in [0.15, 0.2) is 28.7 Å². The number of carbonyl (C=O) groups excluding carboxylic acids is 1. The molecule has 3 rings (SSSR count). The Kier molecular flexibility index (Phi) is 3.64. The highest BCUT2D eigenvalue weighted by molar-refractivity contribution is 7.71. The third kappa shape index (κ3) is 2.70. The lowest BCUT2D eigenvalue weighted by Crippen LogP contribution is -2.39. The first kappa shape index (κ1) is 15.0. The summed E-state index contributed by atoms with van der Waals surface area (Å²) in [5.74, 6) is 0.464. The van der Waals surface area contributed by atoms with Crippen LogP contribution in [0, 0.1) is 10.3 Å². The molecule has 0 spiro atoms. The largest absolute Gasteiger partial charge is 0.409 e. The van der Waals surface area contributed by atoms with Crippen LogP contribution in [0.3, 0.4) is 0 Å². The fourth-order valence-corrected chi connectivity index (χ4v) is 2.70. The number of hydrogen-bond donors (Lipinski definition) is 1. The smallest absolute Gasteiger partial charge is 0.284 e. The molecule has 1 fully saturated rings. The first-order valence-corrected chi connectivity index (χ1v) is 7.75. The molecule has 22 heavy (non-hydrogen) atoms. The van der Waals surface area contributed by atoms with Gasteiger partial charge < -0.3 is 9.32 Å². The summed E-state index contributed by atoms with van der Waals surface area (Å²) in [6.45, 7) is 4.35. The zero-order valence-corrected chi connectivity index (χ0v) is 13.7. The number of H-pyrrole nitrogens is 1. The Morgan fingerprint density at radius 1 is 1.41 bits per heavy atom. The normalized spacial score (nSPS) is 17.0. The van der Waals surface area contributed by atoms with E-state index in [-0.39, 0.29) is 22.2 Å². The van der Waals surface area contributed by atoms with Gasteiger partial charge in [-0.2, -0.15) is 0 Å². The first-order chi connectivity index (χ1) is 10.4. The van der Waals surface area contributed by atoms with Crippen molar-refractivity contribution in [2.45, 2.75) is 32.7 Å². The van der Waals surface area contributed by atoms with E-state index in [0.717, 1.165) is 5.56 Å². The topological polar surface area (TPSA) is 62.1 Å². The van der Waals surface area contributed by atoms with E-state index in [2.05, 4.69) is 24.0 Å². The van der Waals surface area contributed by atoms with E-state index in [1.165, 1.54) is 12.8 Å². The summed E-state index contributed by atoms with van der Waals surface area (Å²) in [4.78, 5) is 14.6. The van der Waals surface area contributed by atoms with Crippen molar-refractivity contribution in [1.29, 1.82) is 0 Å². The van der Waals surface area contributed by atoms with Crippen molar-refractivity contribution in [2.24, 2.45) is 5.41 Å². The second-order valence-electron chi connectivity index (χ2n) is 6.24. The van der Waals surface area contributed by atoms with E-state index in [0.29, 0.717) is 11.5 Å². The average Bonchev–Trinajstić information content (AvgIpc) is 3.13. The van der Waals surface area contributed by atoms with Gasteiger partial charge in [0.2, 0.25) is 5.89 Å². The van der Waals surface area contributed by atoms with E-state index >= 15 is 0 Å². The minimum atomic E-state index is 0.0371. The van der Waals surface area contributed by atoms with Crippen molar-refractivity contribution >= 4 is 18.1 Å². The van der Waals surface area contributed by atoms with Crippen LogP contribution in [-0.4, -0.2) is 34.1 Å². The molecule has 6 heteroatoms. The minimum Gasteiger partial charge on any atom is -0.409 e. The summed E-state index contributed by atoms with van der Waals surface area (Å²) in [6.07, 6.45) is 2.38. The minimum absolute atomic E-state index is 0.0371. The van der Waals surface area contributed by atoms with Gasteiger partial charge in [-0.1, -0.05) is 6.92 Å². The van der Waals surface area contributed by atoms with Gasteiger partial charge in [-0.15, -0.1) is 5.10 Å². The zero-order valence-electron chi connectivity index (χ0n) is 12.9. The number of amides is 1. The number of nitrogens with zero attached hydrogens (tertiary/aromatic N) is 2. The SMILES string of the molecule is CC(N(C)C(=O)c1ccc(-c2n[nH]c(=S)o2)cc1)C1(C)CC1. The maximum absolute atomic E-state index is 12.6. The fraction of sp³-hybridized carbons (Fsp3) is 0.438.